The molecule has 2 amide bonds. The number of hydrogen-bond donors (Lipinski definition) is 3. The van der Waals surface area contributed by atoms with Crippen LogP contribution in [0.1, 0.15) is 38.1 Å². The minimum Gasteiger partial charge on any atom is -0.480 e. The Morgan fingerprint density at radius 1 is 1.47 bits per heavy atom. The minimum absolute atomic E-state index is 0.470. The number of urea groups is 1. The van der Waals surface area contributed by atoms with Gasteiger partial charge in [0.15, 0.2) is 0 Å². The van der Waals surface area contributed by atoms with Crippen molar-refractivity contribution in [1.29, 1.82) is 0 Å². The fourth-order valence-electron chi connectivity index (χ4n) is 2.04. The first-order valence-electron chi connectivity index (χ1n) is 6.09. The van der Waals surface area contributed by atoms with Crippen LogP contribution in [0.3, 0.4) is 0 Å². The van der Waals surface area contributed by atoms with E-state index in [0.717, 1.165) is 11.4 Å². The zero-order valence-corrected chi connectivity index (χ0v) is 11.7. The second-order valence-corrected chi connectivity index (χ2v) is 6.18. The van der Waals surface area contributed by atoms with Crippen LogP contribution in [0, 0.1) is 0 Å². The van der Waals surface area contributed by atoms with E-state index in [1.807, 2.05) is 19.2 Å². The summed E-state index contributed by atoms with van der Waals surface area (Å²) in [7, 11) is 0. The van der Waals surface area contributed by atoms with Crippen molar-refractivity contribution in [1.82, 2.24) is 15.6 Å². The van der Waals surface area contributed by atoms with Crippen LogP contribution in [0.15, 0.2) is 11.6 Å². The van der Waals surface area contributed by atoms with Gasteiger partial charge in [0.05, 0.1) is 5.54 Å². The summed E-state index contributed by atoms with van der Waals surface area (Å²) < 4.78 is 0. The molecule has 0 bridgehead atoms. The molecule has 0 radical (unpaired) electrons. The molecule has 1 aliphatic carbocycles. The number of hydrogen-bond acceptors (Lipinski definition) is 4. The number of thiazole rings is 1. The molecule has 7 heteroatoms. The number of aliphatic carboxylic acids is 1. The van der Waals surface area contributed by atoms with E-state index in [1.165, 1.54) is 11.3 Å². The summed E-state index contributed by atoms with van der Waals surface area (Å²) in [5.74, 6) is -0.971. The SMILES string of the molecule is CC(C)(NC(=O)NC1(C(=O)O)CCC1)c1nccs1. The highest BCUT2D eigenvalue weighted by atomic mass is 32.1. The second kappa shape index (κ2) is 4.80. The van der Waals surface area contributed by atoms with Crippen LogP contribution in [-0.2, 0) is 10.3 Å². The van der Waals surface area contributed by atoms with Crippen LogP contribution in [0.25, 0.3) is 0 Å². The zero-order chi connectivity index (χ0) is 14.1. The van der Waals surface area contributed by atoms with E-state index in [9.17, 15) is 9.59 Å². The third kappa shape index (κ3) is 2.70. The van der Waals surface area contributed by atoms with Crippen molar-refractivity contribution < 1.29 is 14.7 Å². The van der Waals surface area contributed by atoms with E-state index in [0.29, 0.717) is 12.8 Å². The van der Waals surface area contributed by atoms with Crippen molar-refractivity contribution in [2.24, 2.45) is 0 Å². The molecule has 0 aliphatic heterocycles. The topological polar surface area (TPSA) is 91.3 Å². The van der Waals surface area contributed by atoms with Gasteiger partial charge in [0.2, 0.25) is 0 Å². The van der Waals surface area contributed by atoms with Gasteiger partial charge in [-0.15, -0.1) is 11.3 Å². The summed E-state index contributed by atoms with van der Waals surface area (Å²) in [6.07, 6.45) is 3.45. The normalized spacial score (nSPS) is 17.4. The maximum absolute atomic E-state index is 12.0. The Bertz CT molecular complexity index is 480. The number of amides is 2. The number of aromatic nitrogens is 1. The minimum atomic E-state index is -1.09. The molecular weight excluding hydrogens is 266 g/mol. The lowest BCUT2D eigenvalue weighted by Crippen LogP contribution is -2.62. The van der Waals surface area contributed by atoms with E-state index in [4.69, 9.17) is 5.11 Å². The lowest BCUT2D eigenvalue weighted by atomic mass is 9.77. The molecule has 0 saturated heterocycles. The standard InChI is InChI=1S/C12H17N3O3S/c1-11(2,8-13-6-7-19-8)14-10(18)15-12(9(16)17)4-3-5-12/h6-7H,3-5H2,1-2H3,(H,16,17)(H2,14,15,18). The van der Waals surface area contributed by atoms with Crippen LogP contribution in [0.2, 0.25) is 0 Å². The third-order valence-corrected chi connectivity index (χ3v) is 4.46. The molecule has 1 heterocycles. The first-order chi connectivity index (χ1) is 8.86. The maximum Gasteiger partial charge on any atom is 0.329 e. The zero-order valence-electron chi connectivity index (χ0n) is 10.9. The second-order valence-electron chi connectivity index (χ2n) is 5.28. The van der Waals surface area contributed by atoms with Crippen molar-refractivity contribution in [2.45, 2.75) is 44.2 Å². The molecule has 1 fully saturated rings. The number of nitrogens with zero attached hydrogens (tertiary/aromatic N) is 1. The third-order valence-electron chi connectivity index (χ3n) is 3.36. The van der Waals surface area contributed by atoms with Gasteiger partial charge in [-0.3, -0.25) is 0 Å². The summed E-state index contributed by atoms with van der Waals surface area (Å²) in [5, 5.41) is 17.1. The lowest BCUT2D eigenvalue weighted by Gasteiger charge is -2.39. The Balaban J connectivity index is 2.00. The van der Waals surface area contributed by atoms with Gasteiger partial charge in [-0.1, -0.05) is 0 Å². The molecule has 0 atom stereocenters. The van der Waals surface area contributed by atoms with Gasteiger partial charge in [-0.25, -0.2) is 14.6 Å². The average Bonchev–Trinajstić information content (AvgIpc) is 2.75. The molecule has 0 unspecified atom stereocenters. The Labute approximate surface area is 115 Å². The van der Waals surface area contributed by atoms with Crippen LogP contribution in [0.5, 0.6) is 0 Å². The van der Waals surface area contributed by atoms with Gasteiger partial charge in [-0.2, -0.15) is 0 Å². The quantitative estimate of drug-likeness (QED) is 0.784. The number of rotatable bonds is 4. The Morgan fingerprint density at radius 3 is 2.58 bits per heavy atom. The number of nitrogens with one attached hydrogen (secondary N) is 2. The van der Waals surface area contributed by atoms with Crippen molar-refractivity contribution in [3.05, 3.63) is 16.6 Å². The fourth-order valence-corrected chi connectivity index (χ4v) is 2.76. The summed E-state index contributed by atoms with van der Waals surface area (Å²) in [5.41, 5.74) is -1.72. The Morgan fingerprint density at radius 2 is 2.16 bits per heavy atom. The molecule has 19 heavy (non-hydrogen) atoms. The predicted octanol–water partition coefficient (Wildman–Crippen LogP) is 1.68. The van der Waals surface area contributed by atoms with Gasteiger partial charge < -0.3 is 15.7 Å². The molecular formula is C12H17N3O3S. The van der Waals surface area contributed by atoms with Gasteiger partial charge in [0, 0.05) is 11.6 Å². The van der Waals surface area contributed by atoms with Gasteiger partial charge >= 0.3 is 12.0 Å². The molecule has 1 aliphatic rings. The summed E-state index contributed by atoms with van der Waals surface area (Å²) in [6, 6.07) is -0.470. The average molecular weight is 283 g/mol. The summed E-state index contributed by atoms with van der Waals surface area (Å²) in [4.78, 5) is 27.3. The van der Waals surface area contributed by atoms with E-state index in [2.05, 4.69) is 15.6 Å². The largest absolute Gasteiger partial charge is 0.480 e. The van der Waals surface area contributed by atoms with Crippen molar-refractivity contribution in [2.75, 3.05) is 0 Å². The van der Waals surface area contributed by atoms with Crippen molar-refractivity contribution in [3.63, 3.8) is 0 Å². The van der Waals surface area contributed by atoms with Crippen LogP contribution in [0.4, 0.5) is 4.79 Å². The number of carbonyl (C=O) groups excluding carboxylic acids is 1. The highest BCUT2D eigenvalue weighted by Crippen LogP contribution is 2.32. The molecule has 3 N–H and O–H groups in total. The first kappa shape index (κ1) is 13.8. The maximum atomic E-state index is 12.0. The van der Waals surface area contributed by atoms with Crippen LogP contribution < -0.4 is 10.6 Å². The molecule has 0 spiro atoms. The van der Waals surface area contributed by atoms with E-state index < -0.39 is 23.1 Å². The molecule has 1 aromatic rings. The van der Waals surface area contributed by atoms with Gasteiger partial charge in [0.25, 0.3) is 0 Å². The van der Waals surface area contributed by atoms with Gasteiger partial charge in [0.1, 0.15) is 10.5 Å². The Hall–Kier alpha value is -1.63. The summed E-state index contributed by atoms with van der Waals surface area (Å²) in [6.45, 7) is 3.67. The van der Waals surface area contributed by atoms with E-state index in [-0.39, 0.29) is 0 Å². The van der Waals surface area contributed by atoms with Crippen LogP contribution >= 0.6 is 11.3 Å². The molecule has 2 rings (SSSR count). The lowest BCUT2D eigenvalue weighted by molar-refractivity contribution is -0.148. The van der Waals surface area contributed by atoms with Crippen LogP contribution in [-0.4, -0.2) is 27.6 Å². The molecule has 0 aromatic carbocycles. The number of carboxylic acids is 1. The highest BCUT2D eigenvalue weighted by molar-refractivity contribution is 7.09. The highest BCUT2D eigenvalue weighted by Gasteiger charge is 2.46. The first-order valence-corrected chi connectivity index (χ1v) is 6.97. The van der Waals surface area contributed by atoms with E-state index in [1.54, 1.807) is 6.20 Å². The Kier molecular flexibility index (Phi) is 3.49. The molecule has 6 nitrogen and oxygen atoms in total. The number of carboxylic acid groups (broad SMARTS) is 1. The molecule has 1 aromatic heterocycles. The fraction of sp³-hybridized carbons (Fsp3) is 0.583. The predicted molar refractivity (Wildman–Crippen MR) is 71.0 cm³/mol. The van der Waals surface area contributed by atoms with Crippen molar-refractivity contribution >= 4 is 23.3 Å². The van der Waals surface area contributed by atoms with Gasteiger partial charge in [-0.05, 0) is 33.1 Å². The molecule has 1 saturated carbocycles. The van der Waals surface area contributed by atoms with E-state index >= 15 is 0 Å². The monoisotopic (exact) mass is 283 g/mol. The molecule has 104 valence electrons. The number of carbonyl (C=O) groups is 2. The summed E-state index contributed by atoms with van der Waals surface area (Å²) >= 11 is 1.45. The van der Waals surface area contributed by atoms with Crippen molar-refractivity contribution in [3.8, 4) is 0 Å². The smallest absolute Gasteiger partial charge is 0.329 e.